The first-order valence-electron chi connectivity index (χ1n) is 6.08. The van der Waals surface area contributed by atoms with Gasteiger partial charge in [0.15, 0.2) is 0 Å². The zero-order valence-electron chi connectivity index (χ0n) is 10.5. The van der Waals surface area contributed by atoms with Crippen LogP contribution in [0.5, 0.6) is 0 Å². The van der Waals surface area contributed by atoms with Crippen LogP contribution in [0.2, 0.25) is 0 Å². The van der Waals surface area contributed by atoms with Crippen molar-refractivity contribution in [3.63, 3.8) is 0 Å². The Kier molecular flexibility index (Phi) is 4.09. The predicted molar refractivity (Wildman–Crippen MR) is 69.6 cm³/mol. The summed E-state index contributed by atoms with van der Waals surface area (Å²) in [5, 5.41) is 0. The number of nitrogens with two attached hydrogens (primary N) is 1. The van der Waals surface area contributed by atoms with Crippen LogP contribution < -0.4 is 5.73 Å². The minimum Gasteiger partial charge on any atom is -0.330 e. The fourth-order valence-electron chi connectivity index (χ4n) is 2.03. The van der Waals surface area contributed by atoms with Crippen molar-refractivity contribution >= 4 is 0 Å². The van der Waals surface area contributed by atoms with Crippen LogP contribution in [0, 0.1) is 5.82 Å². The molecule has 106 valence electrons. The minimum atomic E-state index is -4.37. The standard InChI is InChI=1S/C15H13F4N/c16-13-6-3-11(7-8-20)14(9-13)10-1-4-12(5-2-10)15(17,18)19/h1-6,9H,7-8,20H2. The Balaban J connectivity index is 2.43. The molecule has 0 unspecified atom stereocenters. The second kappa shape index (κ2) is 5.63. The van der Waals surface area contributed by atoms with Crippen molar-refractivity contribution < 1.29 is 17.6 Å². The van der Waals surface area contributed by atoms with Gasteiger partial charge in [0, 0.05) is 0 Å². The average molecular weight is 283 g/mol. The third-order valence-electron chi connectivity index (χ3n) is 3.01. The van der Waals surface area contributed by atoms with Crippen molar-refractivity contribution in [1.82, 2.24) is 0 Å². The third kappa shape index (κ3) is 3.17. The molecule has 0 radical (unpaired) electrons. The molecular formula is C15H13F4N. The SMILES string of the molecule is NCCc1ccc(F)cc1-c1ccc(C(F)(F)F)cc1. The Bertz CT molecular complexity index is 588. The Morgan fingerprint density at radius 3 is 2.15 bits per heavy atom. The van der Waals surface area contributed by atoms with Gasteiger partial charge in [-0.25, -0.2) is 4.39 Å². The van der Waals surface area contributed by atoms with Gasteiger partial charge >= 0.3 is 6.18 Å². The molecule has 0 spiro atoms. The summed E-state index contributed by atoms with van der Waals surface area (Å²) in [6.07, 6.45) is -3.84. The molecule has 0 aromatic heterocycles. The molecule has 0 amide bonds. The lowest BCUT2D eigenvalue weighted by Gasteiger charge is -2.11. The van der Waals surface area contributed by atoms with Crippen molar-refractivity contribution in [3.8, 4) is 11.1 Å². The number of hydrogen-bond acceptors (Lipinski definition) is 1. The van der Waals surface area contributed by atoms with E-state index in [4.69, 9.17) is 5.73 Å². The molecule has 0 saturated carbocycles. The maximum absolute atomic E-state index is 13.3. The van der Waals surface area contributed by atoms with Crippen LogP contribution in [0.1, 0.15) is 11.1 Å². The third-order valence-corrected chi connectivity index (χ3v) is 3.01. The first kappa shape index (κ1) is 14.5. The summed E-state index contributed by atoms with van der Waals surface area (Å²) in [6, 6.07) is 8.91. The van der Waals surface area contributed by atoms with Gasteiger partial charge in [-0.3, -0.25) is 0 Å². The summed E-state index contributed by atoms with van der Waals surface area (Å²) < 4.78 is 50.9. The molecule has 0 fully saturated rings. The van der Waals surface area contributed by atoms with Gasteiger partial charge in [0.05, 0.1) is 5.56 Å². The molecule has 2 N–H and O–H groups in total. The van der Waals surface area contributed by atoms with E-state index >= 15 is 0 Å². The lowest BCUT2D eigenvalue weighted by atomic mass is 9.96. The van der Waals surface area contributed by atoms with Crippen LogP contribution in [0.4, 0.5) is 17.6 Å². The molecule has 1 nitrogen and oxygen atoms in total. The lowest BCUT2D eigenvalue weighted by Crippen LogP contribution is -2.05. The van der Waals surface area contributed by atoms with Gasteiger partial charge in [0.1, 0.15) is 5.82 Å². The maximum atomic E-state index is 13.3. The van der Waals surface area contributed by atoms with Gasteiger partial charge in [-0.15, -0.1) is 0 Å². The van der Waals surface area contributed by atoms with Crippen molar-refractivity contribution in [2.24, 2.45) is 5.73 Å². The fourth-order valence-corrected chi connectivity index (χ4v) is 2.03. The van der Waals surface area contributed by atoms with Crippen LogP contribution >= 0.6 is 0 Å². The highest BCUT2D eigenvalue weighted by atomic mass is 19.4. The molecule has 0 aliphatic carbocycles. The number of halogens is 4. The molecule has 0 atom stereocenters. The molecule has 5 heteroatoms. The summed E-state index contributed by atoms with van der Waals surface area (Å²) in [5.74, 6) is -0.430. The minimum absolute atomic E-state index is 0.388. The molecule has 0 saturated heterocycles. The highest BCUT2D eigenvalue weighted by molar-refractivity contribution is 5.67. The summed E-state index contributed by atoms with van der Waals surface area (Å²) in [4.78, 5) is 0. The van der Waals surface area contributed by atoms with E-state index in [0.717, 1.165) is 17.7 Å². The van der Waals surface area contributed by atoms with Gasteiger partial charge in [0.25, 0.3) is 0 Å². The molecule has 0 aliphatic heterocycles. The van der Waals surface area contributed by atoms with Crippen molar-refractivity contribution in [3.05, 3.63) is 59.4 Å². The molecule has 2 aromatic rings. The Morgan fingerprint density at radius 2 is 1.60 bits per heavy atom. The van der Waals surface area contributed by atoms with Crippen LogP contribution in [-0.4, -0.2) is 6.54 Å². The monoisotopic (exact) mass is 283 g/mol. The Morgan fingerprint density at radius 1 is 0.950 bits per heavy atom. The molecule has 2 aromatic carbocycles. The molecule has 0 heterocycles. The second-order valence-corrected chi connectivity index (χ2v) is 4.42. The van der Waals surface area contributed by atoms with E-state index in [1.54, 1.807) is 6.07 Å². The van der Waals surface area contributed by atoms with Gasteiger partial charge in [-0.1, -0.05) is 18.2 Å². The van der Waals surface area contributed by atoms with Crippen molar-refractivity contribution in [2.45, 2.75) is 12.6 Å². The molecule has 0 aliphatic rings. The number of rotatable bonds is 3. The van der Waals surface area contributed by atoms with E-state index in [2.05, 4.69) is 0 Å². The Labute approximate surface area is 114 Å². The summed E-state index contributed by atoms with van der Waals surface area (Å²) in [5.41, 5.74) is 6.69. The first-order valence-corrected chi connectivity index (χ1v) is 6.08. The van der Waals surface area contributed by atoms with Gasteiger partial charge in [0.2, 0.25) is 0 Å². The van der Waals surface area contributed by atoms with Gasteiger partial charge < -0.3 is 5.73 Å². The van der Waals surface area contributed by atoms with Gasteiger partial charge in [-0.2, -0.15) is 13.2 Å². The highest BCUT2D eigenvalue weighted by Crippen LogP contribution is 2.32. The largest absolute Gasteiger partial charge is 0.416 e. The van der Waals surface area contributed by atoms with Crippen molar-refractivity contribution in [1.29, 1.82) is 0 Å². The van der Waals surface area contributed by atoms with Crippen LogP contribution in [-0.2, 0) is 12.6 Å². The van der Waals surface area contributed by atoms with Gasteiger partial charge in [-0.05, 0) is 53.9 Å². The second-order valence-electron chi connectivity index (χ2n) is 4.42. The fraction of sp³-hybridized carbons (Fsp3) is 0.200. The van der Waals surface area contributed by atoms with E-state index < -0.39 is 17.6 Å². The summed E-state index contributed by atoms with van der Waals surface area (Å²) >= 11 is 0. The first-order chi connectivity index (χ1) is 9.41. The number of benzene rings is 2. The smallest absolute Gasteiger partial charge is 0.330 e. The van der Waals surface area contributed by atoms with Crippen LogP contribution in [0.15, 0.2) is 42.5 Å². The van der Waals surface area contributed by atoms with Crippen molar-refractivity contribution in [2.75, 3.05) is 6.54 Å². The van der Waals surface area contributed by atoms with Crippen LogP contribution in [0.25, 0.3) is 11.1 Å². The quantitative estimate of drug-likeness (QED) is 0.846. The molecular weight excluding hydrogens is 270 g/mol. The zero-order chi connectivity index (χ0) is 14.8. The van der Waals surface area contributed by atoms with E-state index in [1.165, 1.54) is 24.3 Å². The van der Waals surface area contributed by atoms with Crippen LogP contribution in [0.3, 0.4) is 0 Å². The molecule has 20 heavy (non-hydrogen) atoms. The van der Waals surface area contributed by atoms with E-state index in [-0.39, 0.29) is 0 Å². The topological polar surface area (TPSA) is 26.0 Å². The molecule has 0 bridgehead atoms. The zero-order valence-corrected chi connectivity index (χ0v) is 10.5. The van der Waals surface area contributed by atoms with E-state index in [9.17, 15) is 17.6 Å². The summed E-state index contributed by atoms with van der Waals surface area (Å²) in [6.45, 7) is 0.388. The highest BCUT2D eigenvalue weighted by Gasteiger charge is 2.30. The lowest BCUT2D eigenvalue weighted by molar-refractivity contribution is -0.137. The predicted octanol–water partition coefficient (Wildman–Crippen LogP) is 4.01. The maximum Gasteiger partial charge on any atom is 0.416 e. The van der Waals surface area contributed by atoms with E-state index in [0.29, 0.717) is 24.1 Å². The molecule has 2 rings (SSSR count). The number of alkyl halides is 3. The Hall–Kier alpha value is -1.88. The normalized spacial score (nSPS) is 11.7. The summed E-state index contributed by atoms with van der Waals surface area (Å²) in [7, 11) is 0. The number of hydrogen-bond donors (Lipinski definition) is 1. The van der Waals surface area contributed by atoms with E-state index in [1.807, 2.05) is 0 Å². The average Bonchev–Trinajstić information content (AvgIpc) is 2.40.